The lowest BCUT2D eigenvalue weighted by atomic mass is 10.1. The molecular weight excluding hydrogens is 250 g/mol. The van der Waals surface area contributed by atoms with Crippen molar-refractivity contribution in [2.24, 2.45) is 10.9 Å². The number of benzene rings is 1. The number of aliphatic imine (C=N–C) groups is 1. The van der Waals surface area contributed by atoms with E-state index in [1.54, 1.807) is 7.05 Å². The van der Waals surface area contributed by atoms with Gasteiger partial charge in [0.1, 0.15) is 0 Å². The van der Waals surface area contributed by atoms with E-state index >= 15 is 0 Å². The standard InChI is InChI=1S/C16H27N3O/c1-13(2)12-20-9-8-18-16(17-4)19-11-15-7-5-6-14(3)10-15/h5-7,10,13H,8-9,11-12H2,1-4H3,(H2,17,18,19). The highest BCUT2D eigenvalue weighted by Gasteiger charge is 1.99. The van der Waals surface area contributed by atoms with Gasteiger partial charge in [0.15, 0.2) is 5.96 Å². The largest absolute Gasteiger partial charge is 0.379 e. The number of rotatable bonds is 7. The maximum absolute atomic E-state index is 5.52. The lowest BCUT2D eigenvalue weighted by Gasteiger charge is -2.13. The number of hydrogen-bond acceptors (Lipinski definition) is 2. The molecule has 0 aromatic heterocycles. The molecule has 4 heteroatoms. The summed E-state index contributed by atoms with van der Waals surface area (Å²) in [6.45, 7) is 9.43. The first-order valence-corrected chi connectivity index (χ1v) is 7.19. The lowest BCUT2D eigenvalue weighted by Crippen LogP contribution is -2.38. The molecule has 0 atom stereocenters. The van der Waals surface area contributed by atoms with E-state index in [1.165, 1.54) is 11.1 Å². The smallest absolute Gasteiger partial charge is 0.191 e. The van der Waals surface area contributed by atoms with Crippen molar-refractivity contribution in [1.82, 2.24) is 10.6 Å². The molecule has 0 saturated heterocycles. The second-order valence-electron chi connectivity index (χ2n) is 5.31. The molecule has 0 unspecified atom stereocenters. The Kier molecular flexibility index (Phi) is 7.73. The minimum absolute atomic E-state index is 0.578. The topological polar surface area (TPSA) is 45.7 Å². The molecule has 0 radical (unpaired) electrons. The molecular formula is C16H27N3O. The van der Waals surface area contributed by atoms with Crippen LogP contribution in [0.5, 0.6) is 0 Å². The Balaban J connectivity index is 2.23. The molecule has 4 nitrogen and oxygen atoms in total. The van der Waals surface area contributed by atoms with Crippen LogP contribution in [-0.4, -0.2) is 32.8 Å². The fourth-order valence-corrected chi connectivity index (χ4v) is 1.79. The average molecular weight is 277 g/mol. The van der Waals surface area contributed by atoms with E-state index in [2.05, 4.69) is 60.7 Å². The molecule has 1 aromatic carbocycles. The van der Waals surface area contributed by atoms with Gasteiger partial charge in [-0.25, -0.2) is 0 Å². The van der Waals surface area contributed by atoms with Crippen LogP contribution in [0.15, 0.2) is 29.3 Å². The summed E-state index contributed by atoms with van der Waals surface area (Å²) < 4.78 is 5.52. The quantitative estimate of drug-likeness (QED) is 0.457. The van der Waals surface area contributed by atoms with Gasteiger partial charge in [-0.1, -0.05) is 43.7 Å². The summed E-state index contributed by atoms with van der Waals surface area (Å²) in [5, 5.41) is 6.54. The first-order valence-electron chi connectivity index (χ1n) is 7.19. The Morgan fingerprint density at radius 2 is 2.10 bits per heavy atom. The van der Waals surface area contributed by atoms with Gasteiger partial charge in [0.05, 0.1) is 6.61 Å². The van der Waals surface area contributed by atoms with Crippen LogP contribution in [0, 0.1) is 12.8 Å². The summed E-state index contributed by atoms with van der Waals surface area (Å²) in [6, 6.07) is 8.45. The van der Waals surface area contributed by atoms with Gasteiger partial charge in [-0.2, -0.15) is 0 Å². The summed E-state index contributed by atoms with van der Waals surface area (Å²) in [5.41, 5.74) is 2.53. The van der Waals surface area contributed by atoms with Gasteiger partial charge in [0.2, 0.25) is 0 Å². The number of nitrogens with zero attached hydrogens (tertiary/aromatic N) is 1. The molecule has 0 heterocycles. The van der Waals surface area contributed by atoms with E-state index in [9.17, 15) is 0 Å². The van der Waals surface area contributed by atoms with Gasteiger partial charge >= 0.3 is 0 Å². The van der Waals surface area contributed by atoms with Crippen molar-refractivity contribution in [2.45, 2.75) is 27.3 Å². The van der Waals surface area contributed by atoms with Crippen LogP contribution < -0.4 is 10.6 Å². The highest BCUT2D eigenvalue weighted by molar-refractivity contribution is 5.79. The second kappa shape index (κ2) is 9.37. The Hall–Kier alpha value is -1.55. The third kappa shape index (κ3) is 7.14. The molecule has 1 rings (SSSR count). The minimum Gasteiger partial charge on any atom is -0.379 e. The number of guanidine groups is 1. The molecule has 0 fully saturated rings. The highest BCUT2D eigenvalue weighted by Crippen LogP contribution is 2.02. The molecule has 2 N–H and O–H groups in total. The van der Waals surface area contributed by atoms with Gasteiger partial charge in [0, 0.05) is 26.7 Å². The minimum atomic E-state index is 0.578. The highest BCUT2D eigenvalue weighted by atomic mass is 16.5. The Morgan fingerprint density at radius 3 is 2.75 bits per heavy atom. The molecule has 112 valence electrons. The number of nitrogens with one attached hydrogen (secondary N) is 2. The molecule has 0 saturated carbocycles. The van der Waals surface area contributed by atoms with Crippen molar-refractivity contribution in [3.8, 4) is 0 Å². The first-order chi connectivity index (χ1) is 9.61. The summed E-state index contributed by atoms with van der Waals surface area (Å²) in [6.07, 6.45) is 0. The fraction of sp³-hybridized carbons (Fsp3) is 0.562. The normalized spacial score (nSPS) is 11.8. The molecule has 0 amide bonds. The fourth-order valence-electron chi connectivity index (χ4n) is 1.79. The second-order valence-corrected chi connectivity index (χ2v) is 5.31. The van der Waals surface area contributed by atoms with E-state index in [0.29, 0.717) is 12.5 Å². The molecule has 0 aliphatic rings. The van der Waals surface area contributed by atoms with Crippen molar-refractivity contribution < 1.29 is 4.74 Å². The first kappa shape index (κ1) is 16.5. The molecule has 0 aliphatic heterocycles. The van der Waals surface area contributed by atoms with E-state index in [4.69, 9.17) is 4.74 Å². The summed E-state index contributed by atoms with van der Waals surface area (Å²) >= 11 is 0. The van der Waals surface area contributed by atoms with Gasteiger partial charge in [0.25, 0.3) is 0 Å². The van der Waals surface area contributed by atoms with Crippen LogP contribution in [0.1, 0.15) is 25.0 Å². The Bertz CT molecular complexity index is 416. The van der Waals surface area contributed by atoms with Crippen LogP contribution in [0.3, 0.4) is 0 Å². The lowest BCUT2D eigenvalue weighted by molar-refractivity contribution is 0.114. The van der Waals surface area contributed by atoms with Crippen LogP contribution in [-0.2, 0) is 11.3 Å². The molecule has 1 aromatic rings. The maximum atomic E-state index is 5.52. The predicted octanol–water partition coefficient (Wildman–Crippen LogP) is 2.33. The van der Waals surface area contributed by atoms with Gasteiger partial charge in [-0.3, -0.25) is 4.99 Å². The predicted molar refractivity (Wildman–Crippen MR) is 85.0 cm³/mol. The molecule has 20 heavy (non-hydrogen) atoms. The number of hydrogen-bond donors (Lipinski definition) is 2. The zero-order valence-corrected chi connectivity index (χ0v) is 13.1. The monoisotopic (exact) mass is 277 g/mol. The number of aryl methyl sites for hydroxylation is 1. The van der Waals surface area contributed by atoms with Crippen LogP contribution in [0.25, 0.3) is 0 Å². The molecule has 0 spiro atoms. The number of ether oxygens (including phenoxy) is 1. The molecule has 0 bridgehead atoms. The summed E-state index contributed by atoms with van der Waals surface area (Å²) in [7, 11) is 1.78. The zero-order valence-electron chi connectivity index (χ0n) is 13.1. The van der Waals surface area contributed by atoms with Crippen LogP contribution in [0.4, 0.5) is 0 Å². The van der Waals surface area contributed by atoms with E-state index < -0.39 is 0 Å². The Morgan fingerprint density at radius 1 is 1.30 bits per heavy atom. The van der Waals surface area contributed by atoms with Gasteiger partial charge < -0.3 is 15.4 Å². The third-order valence-corrected chi connectivity index (χ3v) is 2.76. The van der Waals surface area contributed by atoms with E-state index in [0.717, 1.165) is 25.7 Å². The van der Waals surface area contributed by atoms with Crippen molar-refractivity contribution in [3.05, 3.63) is 35.4 Å². The zero-order chi connectivity index (χ0) is 14.8. The van der Waals surface area contributed by atoms with Gasteiger partial charge in [-0.05, 0) is 18.4 Å². The maximum Gasteiger partial charge on any atom is 0.191 e. The van der Waals surface area contributed by atoms with Gasteiger partial charge in [-0.15, -0.1) is 0 Å². The SMILES string of the molecule is CN=C(NCCOCC(C)C)NCc1cccc(C)c1. The van der Waals surface area contributed by atoms with Crippen LogP contribution >= 0.6 is 0 Å². The summed E-state index contributed by atoms with van der Waals surface area (Å²) in [4.78, 5) is 4.20. The van der Waals surface area contributed by atoms with Crippen LogP contribution in [0.2, 0.25) is 0 Å². The summed E-state index contributed by atoms with van der Waals surface area (Å²) in [5.74, 6) is 1.38. The van der Waals surface area contributed by atoms with Crippen molar-refractivity contribution in [1.29, 1.82) is 0 Å². The van der Waals surface area contributed by atoms with E-state index in [-0.39, 0.29) is 0 Å². The van der Waals surface area contributed by atoms with E-state index in [1.807, 2.05) is 0 Å². The average Bonchev–Trinajstić information content (AvgIpc) is 2.41. The third-order valence-electron chi connectivity index (χ3n) is 2.76. The van der Waals surface area contributed by atoms with Crippen molar-refractivity contribution >= 4 is 5.96 Å². The van der Waals surface area contributed by atoms with Crippen molar-refractivity contribution in [2.75, 3.05) is 26.8 Å². The Labute approximate surface area is 122 Å². The van der Waals surface area contributed by atoms with Crippen molar-refractivity contribution in [3.63, 3.8) is 0 Å². The molecule has 0 aliphatic carbocycles.